The van der Waals surface area contributed by atoms with Crippen LogP contribution in [0.5, 0.6) is 11.5 Å². The fourth-order valence-corrected chi connectivity index (χ4v) is 3.85. The van der Waals surface area contributed by atoms with Crippen LogP contribution in [-0.2, 0) is 14.4 Å². The second-order valence-electron chi connectivity index (χ2n) is 6.01. The number of carboxylic acids is 1. The van der Waals surface area contributed by atoms with Gasteiger partial charge in [0.1, 0.15) is 11.5 Å². The first-order valence-electron chi connectivity index (χ1n) is 8.73. The molecule has 0 aliphatic carbocycles. The molecule has 0 unspecified atom stereocenters. The third-order valence-corrected chi connectivity index (χ3v) is 5.60. The summed E-state index contributed by atoms with van der Waals surface area (Å²) in [7, 11) is 0. The molecule has 1 aliphatic heterocycles. The number of carbonyl (C=O) groups excluding carboxylic acids is 2. The highest BCUT2D eigenvalue weighted by Crippen LogP contribution is 2.33. The number of aliphatic carboxylic acids is 1. The van der Waals surface area contributed by atoms with Gasteiger partial charge in [-0.15, -0.1) is 0 Å². The second kappa shape index (κ2) is 10.4. The number of benzene rings is 2. The third-order valence-electron chi connectivity index (χ3n) is 3.77. The number of thioether (sulfide) groups is 1. The number of hydrazine groups is 1. The largest absolute Gasteiger partial charge is 0.484 e. The molecule has 160 valence electrons. The molecular weight excluding hydrogens is 508 g/mol. The van der Waals surface area contributed by atoms with Crippen molar-refractivity contribution in [3.05, 3.63) is 63.5 Å². The zero-order valence-corrected chi connectivity index (χ0v) is 19.0. The molecule has 0 aromatic heterocycles. The maximum Gasteiger partial charge on any atom is 0.341 e. The summed E-state index contributed by atoms with van der Waals surface area (Å²) in [5.41, 5.74) is 2.94. The molecule has 2 N–H and O–H groups in total. The number of nitrogens with one attached hydrogen (secondary N) is 1. The Bertz CT molecular complexity index is 1060. The van der Waals surface area contributed by atoms with Crippen molar-refractivity contribution in [2.45, 2.75) is 0 Å². The van der Waals surface area contributed by atoms with Crippen LogP contribution in [0.4, 0.5) is 0 Å². The van der Waals surface area contributed by atoms with Crippen molar-refractivity contribution in [1.29, 1.82) is 0 Å². The highest BCUT2D eigenvalue weighted by Gasteiger charge is 2.33. The van der Waals surface area contributed by atoms with Crippen LogP contribution in [0.2, 0.25) is 0 Å². The number of thiocarbonyl (C=S) groups is 1. The number of halogens is 1. The lowest BCUT2D eigenvalue weighted by Crippen LogP contribution is -2.46. The van der Waals surface area contributed by atoms with E-state index in [2.05, 4.69) is 21.4 Å². The van der Waals surface area contributed by atoms with E-state index in [0.29, 0.717) is 17.1 Å². The van der Waals surface area contributed by atoms with Gasteiger partial charge < -0.3 is 14.6 Å². The number of hydrogen-bond donors (Lipinski definition) is 2. The number of hydrogen-bond acceptors (Lipinski definition) is 7. The van der Waals surface area contributed by atoms with Crippen molar-refractivity contribution in [3.63, 3.8) is 0 Å². The highest BCUT2D eigenvalue weighted by atomic mass is 79.9. The molecule has 1 aliphatic rings. The lowest BCUT2D eigenvalue weighted by molar-refractivity contribution is -0.139. The Balaban J connectivity index is 1.64. The van der Waals surface area contributed by atoms with Gasteiger partial charge >= 0.3 is 5.97 Å². The lowest BCUT2D eigenvalue weighted by atomic mass is 10.2. The Morgan fingerprint density at radius 3 is 2.55 bits per heavy atom. The van der Waals surface area contributed by atoms with Gasteiger partial charge in [0.05, 0.1) is 4.91 Å². The molecule has 11 heteroatoms. The summed E-state index contributed by atoms with van der Waals surface area (Å²) in [5, 5.41) is 9.77. The molecule has 0 spiro atoms. The van der Waals surface area contributed by atoms with Gasteiger partial charge in [-0.05, 0) is 48.6 Å². The summed E-state index contributed by atoms with van der Waals surface area (Å²) in [5.74, 6) is -1.37. The van der Waals surface area contributed by atoms with E-state index in [0.717, 1.165) is 21.2 Å². The number of nitrogens with zero attached hydrogens (tertiary/aromatic N) is 1. The molecule has 2 aromatic rings. The first-order chi connectivity index (χ1) is 14.8. The van der Waals surface area contributed by atoms with E-state index in [-0.39, 0.29) is 15.8 Å². The Morgan fingerprint density at radius 1 is 1.13 bits per heavy atom. The first kappa shape index (κ1) is 22.8. The van der Waals surface area contributed by atoms with Crippen LogP contribution >= 0.6 is 39.9 Å². The Hall–Kier alpha value is -2.89. The molecule has 31 heavy (non-hydrogen) atoms. The van der Waals surface area contributed by atoms with E-state index in [9.17, 15) is 14.4 Å². The molecule has 0 atom stereocenters. The molecule has 0 saturated carbocycles. The molecule has 0 radical (unpaired) electrons. The Labute approximate surface area is 195 Å². The predicted octanol–water partition coefficient (Wildman–Crippen LogP) is 3.22. The molecular formula is C20H15BrN2O6S2. The number of rotatable bonds is 8. The van der Waals surface area contributed by atoms with Gasteiger partial charge in [0.25, 0.3) is 11.8 Å². The van der Waals surface area contributed by atoms with E-state index >= 15 is 0 Å². The van der Waals surface area contributed by atoms with Gasteiger partial charge in [0.15, 0.2) is 17.5 Å². The number of ether oxygens (including phenoxy) is 2. The third kappa shape index (κ3) is 6.29. The van der Waals surface area contributed by atoms with Crippen LogP contribution < -0.4 is 14.9 Å². The van der Waals surface area contributed by atoms with Crippen LogP contribution in [-0.4, -0.2) is 45.4 Å². The quantitative estimate of drug-likeness (QED) is 0.402. The van der Waals surface area contributed by atoms with E-state index in [1.165, 1.54) is 6.08 Å². The first-order valence-corrected chi connectivity index (χ1v) is 10.7. The van der Waals surface area contributed by atoms with Crippen molar-refractivity contribution in [2.75, 3.05) is 13.2 Å². The van der Waals surface area contributed by atoms with E-state index in [4.69, 9.17) is 26.8 Å². The van der Waals surface area contributed by atoms with E-state index < -0.39 is 24.4 Å². The molecule has 0 bridgehead atoms. The zero-order chi connectivity index (χ0) is 22.4. The molecule has 1 fully saturated rings. The van der Waals surface area contributed by atoms with Crippen LogP contribution in [0.15, 0.2) is 57.9 Å². The van der Waals surface area contributed by atoms with Crippen LogP contribution in [0.25, 0.3) is 6.08 Å². The van der Waals surface area contributed by atoms with Gasteiger partial charge in [-0.3, -0.25) is 15.0 Å². The van der Waals surface area contributed by atoms with Crippen LogP contribution in [0.3, 0.4) is 0 Å². The van der Waals surface area contributed by atoms with Crippen molar-refractivity contribution in [1.82, 2.24) is 10.4 Å². The second-order valence-corrected chi connectivity index (χ2v) is 8.61. The minimum Gasteiger partial charge on any atom is -0.484 e. The molecule has 1 saturated heterocycles. The summed E-state index contributed by atoms with van der Waals surface area (Å²) in [4.78, 5) is 35.9. The van der Waals surface area contributed by atoms with Gasteiger partial charge in [0.2, 0.25) is 0 Å². The van der Waals surface area contributed by atoms with Gasteiger partial charge in [0, 0.05) is 10.0 Å². The summed E-state index contributed by atoms with van der Waals surface area (Å²) < 4.78 is 11.7. The van der Waals surface area contributed by atoms with E-state index in [1.54, 1.807) is 48.5 Å². The fraction of sp³-hybridized carbons (Fsp3) is 0.100. The minimum absolute atomic E-state index is 0.150. The molecule has 2 amide bonds. The van der Waals surface area contributed by atoms with Crippen LogP contribution in [0.1, 0.15) is 5.56 Å². The molecule has 2 aromatic carbocycles. The van der Waals surface area contributed by atoms with Crippen molar-refractivity contribution in [2.24, 2.45) is 0 Å². The Kier molecular flexibility index (Phi) is 7.66. The molecule has 8 nitrogen and oxygen atoms in total. The highest BCUT2D eigenvalue weighted by molar-refractivity contribution is 9.10. The van der Waals surface area contributed by atoms with Crippen molar-refractivity contribution in [3.8, 4) is 11.5 Å². The maximum absolute atomic E-state index is 12.7. The van der Waals surface area contributed by atoms with Gasteiger partial charge in [-0.25, -0.2) is 4.79 Å². The number of carbonyl (C=O) groups is 3. The fourth-order valence-electron chi connectivity index (χ4n) is 2.41. The van der Waals surface area contributed by atoms with Crippen molar-refractivity contribution < 1.29 is 29.0 Å². The molecule has 3 rings (SSSR count). The number of carboxylic acid groups (broad SMARTS) is 1. The van der Waals surface area contributed by atoms with Crippen molar-refractivity contribution >= 4 is 68.1 Å². The predicted molar refractivity (Wildman–Crippen MR) is 122 cm³/mol. The summed E-state index contributed by atoms with van der Waals surface area (Å²) >= 11 is 9.51. The van der Waals surface area contributed by atoms with Gasteiger partial charge in [-0.2, -0.15) is 5.01 Å². The average Bonchev–Trinajstić information content (AvgIpc) is 3.00. The smallest absolute Gasteiger partial charge is 0.341 e. The van der Waals surface area contributed by atoms with Crippen LogP contribution in [0, 0.1) is 0 Å². The average molecular weight is 523 g/mol. The molecule has 1 heterocycles. The Morgan fingerprint density at radius 2 is 1.84 bits per heavy atom. The normalized spacial score (nSPS) is 14.6. The lowest BCUT2D eigenvalue weighted by Gasteiger charge is -2.16. The number of amides is 2. The van der Waals surface area contributed by atoms with E-state index in [1.807, 2.05) is 0 Å². The maximum atomic E-state index is 12.7. The summed E-state index contributed by atoms with van der Waals surface area (Å²) in [6.45, 7) is -0.816. The standard InChI is InChI=1S/C20H15BrN2O6S2/c21-13-5-7-14(8-6-13)28-10-17(24)22-23-19(27)16(31-20(23)30)9-12-3-1-2-4-15(12)29-11-18(25)26/h1-9H,10-11H2,(H,22,24)(H,25,26). The number of para-hydroxylation sites is 1. The zero-order valence-electron chi connectivity index (χ0n) is 15.7. The summed E-state index contributed by atoms with van der Waals surface area (Å²) in [6.07, 6.45) is 1.53. The summed E-state index contributed by atoms with van der Waals surface area (Å²) in [6, 6.07) is 13.6. The van der Waals surface area contributed by atoms with Gasteiger partial charge in [-0.1, -0.05) is 45.9 Å². The topological polar surface area (TPSA) is 105 Å². The SMILES string of the molecule is O=C(O)COc1ccccc1C=C1SC(=S)N(NC(=O)COc2ccc(Br)cc2)C1=O. The monoisotopic (exact) mass is 522 g/mol. The minimum atomic E-state index is -1.12.